The van der Waals surface area contributed by atoms with Crippen molar-refractivity contribution in [1.82, 2.24) is 15.1 Å². The molecule has 2 amide bonds. The van der Waals surface area contributed by atoms with Gasteiger partial charge in [0.05, 0.1) is 12.0 Å². The van der Waals surface area contributed by atoms with Crippen LogP contribution < -0.4 is 5.32 Å². The fraction of sp³-hybridized carbons (Fsp3) is 0.600. The molecular formula is C20H31N3O5S2. The Morgan fingerprint density at radius 3 is 2.47 bits per heavy atom. The smallest absolute Gasteiger partial charge is 0.328 e. The Kier molecular flexibility index (Phi) is 9.44. The maximum Gasteiger partial charge on any atom is 0.328 e. The lowest BCUT2D eigenvalue weighted by atomic mass is 10.2. The number of urea groups is 1. The molecule has 1 saturated heterocycles. The predicted molar refractivity (Wildman–Crippen MR) is 118 cm³/mol. The topological polar surface area (TPSA) is 96.0 Å². The summed E-state index contributed by atoms with van der Waals surface area (Å²) in [6, 6.07) is 6.04. The molecule has 2 rings (SSSR count). The molecule has 1 fully saturated rings. The molecule has 1 aliphatic rings. The van der Waals surface area contributed by atoms with Gasteiger partial charge in [-0.1, -0.05) is 12.1 Å². The van der Waals surface area contributed by atoms with E-state index in [-0.39, 0.29) is 6.03 Å². The number of amides is 2. The highest BCUT2D eigenvalue weighted by Crippen LogP contribution is 2.14. The van der Waals surface area contributed by atoms with Crippen molar-refractivity contribution in [2.24, 2.45) is 0 Å². The number of sulfone groups is 1. The van der Waals surface area contributed by atoms with E-state index in [2.05, 4.69) is 10.2 Å². The van der Waals surface area contributed by atoms with Gasteiger partial charge in [-0.2, -0.15) is 11.8 Å². The third-order valence-electron chi connectivity index (χ3n) is 5.03. The van der Waals surface area contributed by atoms with Crippen LogP contribution in [0.1, 0.15) is 18.4 Å². The van der Waals surface area contributed by atoms with Gasteiger partial charge in [0.1, 0.15) is 6.04 Å². The summed E-state index contributed by atoms with van der Waals surface area (Å²) >= 11 is 1.61. The lowest BCUT2D eigenvalue weighted by Gasteiger charge is -2.25. The molecule has 1 aromatic rings. The summed E-state index contributed by atoms with van der Waals surface area (Å²) < 4.78 is 28.0. The van der Waals surface area contributed by atoms with Gasteiger partial charge < -0.3 is 15.0 Å². The minimum atomic E-state index is -3.20. The van der Waals surface area contributed by atoms with E-state index in [1.165, 1.54) is 13.4 Å². The molecule has 8 nitrogen and oxygen atoms in total. The maximum absolute atomic E-state index is 12.7. The molecule has 1 atom stereocenters. The van der Waals surface area contributed by atoms with E-state index in [4.69, 9.17) is 4.74 Å². The second kappa shape index (κ2) is 11.6. The number of esters is 1. The number of carbonyl (C=O) groups is 2. The molecule has 0 bridgehead atoms. The fourth-order valence-corrected chi connectivity index (χ4v) is 4.40. The number of nitrogens with one attached hydrogen (secondary N) is 1. The van der Waals surface area contributed by atoms with E-state index < -0.39 is 21.8 Å². The third kappa shape index (κ3) is 7.48. The highest BCUT2D eigenvalue weighted by atomic mass is 32.2. The van der Waals surface area contributed by atoms with Crippen molar-refractivity contribution < 1.29 is 22.7 Å². The molecule has 1 unspecified atom stereocenters. The molecule has 10 heteroatoms. The SMILES string of the molecule is COC(=O)C(CCSC)NC(=O)N1CCCN(Cc2ccc(S(C)(=O)=O)cc2)CC1. The second-order valence-electron chi connectivity index (χ2n) is 7.34. The van der Waals surface area contributed by atoms with Crippen LogP contribution in [0.3, 0.4) is 0 Å². The standard InChI is InChI=1S/C20H31N3O5S2/c1-28-19(24)18(9-14-29-2)21-20(25)23-11-4-10-22(12-13-23)15-16-5-7-17(8-6-16)30(3,26)27/h5-8,18H,4,9-15H2,1-3H3,(H,21,25). The van der Waals surface area contributed by atoms with E-state index in [1.54, 1.807) is 28.8 Å². The normalized spacial score (nSPS) is 16.6. The predicted octanol–water partition coefficient (Wildman–Crippen LogP) is 1.60. The first-order valence-electron chi connectivity index (χ1n) is 9.88. The van der Waals surface area contributed by atoms with E-state index in [0.717, 1.165) is 24.3 Å². The Morgan fingerprint density at radius 2 is 1.87 bits per heavy atom. The second-order valence-corrected chi connectivity index (χ2v) is 10.3. The number of ether oxygens (including phenoxy) is 1. The van der Waals surface area contributed by atoms with Gasteiger partial charge in [-0.3, -0.25) is 4.90 Å². The monoisotopic (exact) mass is 457 g/mol. The quantitative estimate of drug-likeness (QED) is 0.593. The summed E-state index contributed by atoms with van der Waals surface area (Å²) in [6.07, 6.45) is 4.50. The van der Waals surface area contributed by atoms with Gasteiger partial charge in [-0.25, -0.2) is 18.0 Å². The zero-order valence-electron chi connectivity index (χ0n) is 17.8. The zero-order chi connectivity index (χ0) is 22.1. The highest BCUT2D eigenvalue weighted by Gasteiger charge is 2.25. The van der Waals surface area contributed by atoms with Crippen molar-refractivity contribution in [3.63, 3.8) is 0 Å². The van der Waals surface area contributed by atoms with Crippen LogP contribution in [-0.4, -0.2) is 87.8 Å². The van der Waals surface area contributed by atoms with Crippen LogP contribution >= 0.6 is 11.8 Å². The lowest BCUT2D eigenvalue weighted by Crippen LogP contribution is -2.49. The van der Waals surface area contributed by atoms with Gasteiger partial charge in [0.2, 0.25) is 0 Å². The van der Waals surface area contributed by atoms with Gasteiger partial charge in [-0.05, 0) is 42.5 Å². The van der Waals surface area contributed by atoms with Crippen molar-refractivity contribution >= 4 is 33.6 Å². The van der Waals surface area contributed by atoms with Crippen LogP contribution in [0.25, 0.3) is 0 Å². The summed E-state index contributed by atoms with van der Waals surface area (Å²) in [6.45, 7) is 3.41. The average Bonchev–Trinajstić information content (AvgIpc) is 2.95. The number of thioether (sulfide) groups is 1. The first-order chi connectivity index (χ1) is 14.2. The van der Waals surface area contributed by atoms with E-state index >= 15 is 0 Å². The van der Waals surface area contributed by atoms with Gasteiger partial charge >= 0.3 is 12.0 Å². The Labute approximate surface area is 183 Å². The minimum absolute atomic E-state index is 0.245. The van der Waals surface area contributed by atoms with Gasteiger partial charge in [0.15, 0.2) is 9.84 Å². The van der Waals surface area contributed by atoms with Crippen LogP contribution in [0.2, 0.25) is 0 Å². The van der Waals surface area contributed by atoms with Gasteiger partial charge in [0.25, 0.3) is 0 Å². The number of carbonyl (C=O) groups excluding carboxylic acids is 2. The number of rotatable bonds is 8. The Balaban J connectivity index is 1.90. The molecule has 1 aromatic carbocycles. The number of hydrogen-bond donors (Lipinski definition) is 1. The van der Waals surface area contributed by atoms with E-state index in [9.17, 15) is 18.0 Å². The number of methoxy groups -OCH3 is 1. The highest BCUT2D eigenvalue weighted by molar-refractivity contribution is 7.98. The third-order valence-corrected chi connectivity index (χ3v) is 6.80. The molecule has 1 aliphatic heterocycles. The molecule has 1 N–H and O–H groups in total. The number of nitrogens with zero attached hydrogens (tertiary/aromatic N) is 2. The summed E-state index contributed by atoms with van der Waals surface area (Å²) in [5.41, 5.74) is 1.03. The fourth-order valence-electron chi connectivity index (χ4n) is 3.30. The van der Waals surface area contributed by atoms with Gasteiger partial charge in [0, 0.05) is 39.0 Å². The largest absolute Gasteiger partial charge is 0.467 e. The first-order valence-corrected chi connectivity index (χ1v) is 13.2. The number of benzene rings is 1. The van der Waals surface area contributed by atoms with Gasteiger partial charge in [-0.15, -0.1) is 0 Å². The Morgan fingerprint density at radius 1 is 1.17 bits per heavy atom. The van der Waals surface area contributed by atoms with Crippen molar-refractivity contribution in [3.05, 3.63) is 29.8 Å². The van der Waals surface area contributed by atoms with Crippen LogP contribution in [0.5, 0.6) is 0 Å². The molecule has 0 radical (unpaired) electrons. The van der Waals surface area contributed by atoms with Crippen LogP contribution in [0, 0.1) is 0 Å². The lowest BCUT2D eigenvalue weighted by molar-refractivity contribution is -0.142. The zero-order valence-corrected chi connectivity index (χ0v) is 19.4. The van der Waals surface area contributed by atoms with Crippen LogP contribution in [-0.2, 0) is 25.9 Å². The number of hydrogen-bond acceptors (Lipinski definition) is 7. The Hall–Kier alpha value is -1.78. The van der Waals surface area contributed by atoms with Crippen LogP contribution in [0.15, 0.2) is 29.2 Å². The summed E-state index contributed by atoms with van der Waals surface area (Å²) in [5.74, 6) is 0.331. The van der Waals surface area contributed by atoms with E-state index in [0.29, 0.717) is 37.5 Å². The molecular weight excluding hydrogens is 426 g/mol. The molecule has 0 spiro atoms. The van der Waals surface area contributed by atoms with E-state index in [1.807, 2.05) is 18.4 Å². The molecule has 30 heavy (non-hydrogen) atoms. The molecule has 168 valence electrons. The van der Waals surface area contributed by atoms with Crippen molar-refractivity contribution in [3.8, 4) is 0 Å². The Bertz CT molecular complexity index is 814. The minimum Gasteiger partial charge on any atom is -0.467 e. The molecule has 0 aliphatic carbocycles. The van der Waals surface area contributed by atoms with Crippen molar-refractivity contribution in [2.75, 3.05) is 51.6 Å². The molecule has 0 aromatic heterocycles. The maximum atomic E-state index is 12.7. The van der Waals surface area contributed by atoms with Crippen LogP contribution in [0.4, 0.5) is 4.79 Å². The van der Waals surface area contributed by atoms with Crippen molar-refractivity contribution in [2.45, 2.75) is 30.3 Å². The summed E-state index contributed by atoms with van der Waals surface area (Å²) in [7, 11) is -1.87. The summed E-state index contributed by atoms with van der Waals surface area (Å²) in [4.78, 5) is 28.9. The average molecular weight is 458 g/mol. The summed E-state index contributed by atoms with van der Waals surface area (Å²) in [5, 5.41) is 2.81. The molecule has 0 saturated carbocycles. The van der Waals surface area contributed by atoms with Crippen molar-refractivity contribution in [1.29, 1.82) is 0 Å². The first kappa shape index (κ1) is 24.5. The molecule has 1 heterocycles.